The third-order valence-corrected chi connectivity index (χ3v) is 4.08. The molecule has 0 spiro atoms. The predicted octanol–water partition coefficient (Wildman–Crippen LogP) is 3.28. The molecule has 1 heterocycles. The second-order valence-electron chi connectivity index (χ2n) is 4.88. The third-order valence-electron chi connectivity index (χ3n) is 3.58. The smallest absolute Gasteiger partial charge is 0.312 e. The Balaban J connectivity index is 2.01. The van der Waals surface area contributed by atoms with Gasteiger partial charge >= 0.3 is 5.97 Å². The maximum atomic E-state index is 12.6. The number of carboxylic acid groups (broad SMARTS) is 1. The van der Waals surface area contributed by atoms with Crippen LogP contribution in [0.25, 0.3) is 0 Å². The van der Waals surface area contributed by atoms with E-state index < -0.39 is 11.9 Å². The van der Waals surface area contributed by atoms with E-state index >= 15 is 0 Å². The monoisotopic (exact) mass is 345 g/mol. The summed E-state index contributed by atoms with van der Waals surface area (Å²) in [6.07, 6.45) is 0. The van der Waals surface area contributed by atoms with E-state index in [0.717, 1.165) is 4.47 Å². The van der Waals surface area contributed by atoms with Crippen LogP contribution in [0.3, 0.4) is 0 Å². The molecule has 0 saturated heterocycles. The Morgan fingerprint density at radius 1 is 1.14 bits per heavy atom. The Bertz CT molecular complexity index is 729. The average molecular weight is 346 g/mol. The lowest BCUT2D eigenvalue weighted by molar-refractivity contribution is -0.138. The SMILES string of the molecule is O=C(O)C1CN(C(=O)c2cccc(Br)c2)c2ccccc21. The van der Waals surface area contributed by atoms with Gasteiger partial charge in [-0.25, -0.2) is 0 Å². The van der Waals surface area contributed by atoms with Crippen LogP contribution in [0.2, 0.25) is 0 Å². The molecular weight excluding hydrogens is 334 g/mol. The highest BCUT2D eigenvalue weighted by atomic mass is 79.9. The molecule has 1 aliphatic heterocycles. The number of halogens is 1. The summed E-state index contributed by atoms with van der Waals surface area (Å²) in [4.78, 5) is 25.6. The molecule has 3 rings (SSSR count). The summed E-state index contributed by atoms with van der Waals surface area (Å²) in [6.45, 7) is 0.167. The molecule has 2 aromatic rings. The summed E-state index contributed by atoms with van der Waals surface area (Å²) in [7, 11) is 0. The number of aliphatic carboxylic acids is 1. The molecule has 1 atom stereocenters. The van der Waals surface area contributed by atoms with Gasteiger partial charge in [0.2, 0.25) is 0 Å². The van der Waals surface area contributed by atoms with Crippen LogP contribution in [-0.2, 0) is 4.79 Å². The number of fused-ring (bicyclic) bond motifs is 1. The summed E-state index contributed by atoms with van der Waals surface area (Å²) in [6, 6.07) is 14.2. The number of rotatable bonds is 2. The molecule has 4 nitrogen and oxygen atoms in total. The first kappa shape index (κ1) is 13.8. The highest BCUT2D eigenvalue weighted by Gasteiger charge is 2.36. The van der Waals surface area contributed by atoms with Gasteiger partial charge in [0, 0.05) is 22.3 Å². The molecule has 1 unspecified atom stereocenters. The van der Waals surface area contributed by atoms with Gasteiger partial charge in [0.05, 0.1) is 0 Å². The third kappa shape index (κ3) is 2.45. The number of carboxylic acids is 1. The fourth-order valence-electron chi connectivity index (χ4n) is 2.59. The zero-order valence-corrected chi connectivity index (χ0v) is 12.6. The summed E-state index contributed by atoms with van der Waals surface area (Å²) in [5.41, 5.74) is 1.90. The molecule has 0 saturated carbocycles. The van der Waals surface area contributed by atoms with Crippen molar-refractivity contribution in [3.8, 4) is 0 Å². The zero-order chi connectivity index (χ0) is 15.0. The number of carbonyl (C=O) groups excluding carboxylic acids is 1. The minimum Gasteiger partial charge on any atom is -0.481 e. The quantitative estimate of drug-likeness (QED) is 0.908. The maximum absolute atomic E-state index is 12.6. The van der Waals surface area contributed by atoms with E-state index in [0.29, 0.717) is 16.8 Å². The largest absolute Gasteiger partial charge is 0.481 e. The van der Waals surface area contributed by atoms with Crippen molar-refractivity contribution >= 4 is 33.5 Å². The molecule has 106 valence electrons. The van der Waals surface area contributed by atoms with Crippen LogP contribution in [-0.4, -0.2) is 23.5 Å². The molecule has 21 heavy (non-hydrogen) atoms. The van der Waals surface area contributed by atoms with Crippen LogP contribution in [0.5, 0.6) is 0 Å². The lowest BCUT2D eigenvalue weighted by Crippen LogP contribution is -2.31. The first-order chi connectivity index (χ1) is 10.1. The second-order valence-corrected chi connectivity index (χ2v) is 5.79. The van der Waals surface area contributed by atoms with Gasteiger partial charge in [-0.05, 0) is 29.8 Å². The molecule has 1 aliphatic rings. The zero-order valence-electron chi connectivity index (χ0n) is 11.0. The fourth-order valence-corrected chi connectivity index (χ4v) is 2.99. The highest BCUT2D eigenvalue weighted by Crippen LogP contribution is 2.37. The van der Waals surface area contributed by atoms with Crippen molar-refractivity contribution in [3.05, 3.63) is 64.1 Å². The number of amides is 1. The van der Waals surface area contributed by atoms with Crippen molar-refractivity contribution in [2.75, 3.05) is 11.4 Å². The van der Waals surface area contributed by atoms with Crippen LogP contribution < -0.4 is 4.90 Å². The van der Waals surface area contributed by atoms with E-state index in [4.69, 9.17) is 0 Å². The normalized spacial score (nSPS) is 16.6. The van der Waals surface area contributed by atoms with E-state index in [1.807, 2.05) is 12.1 Å². The first-order valence-electron chi connectivity index (χ1n) is 6.47. The van der Waals surface area contributed by atoms with Gasteiger partial charge in [0.15, 0.2) is 0 Å². The van der Waals surface area contributed by atoms with Crippen molar-refractivity contribution in [1.29, 1.82) is 0 Å². The Kier molecular flexibility index (Phi) is 3.51. The summed E-state index contributed by atoms with van der Waals surface area (Å²) in [5, 5.41) is 9.33. The maximum Gasteiger partial charge on any atom is 0.312 e. The molecule has 1 amide bonds. The number of anilines is 1. The van der Waals surface area contributed by atoms with Crippen LogP contribution >= 0.6 is 15.9 Å². The number of nitrogens with zero attached hydrogens (tertiary/aromatic N) is 1. The van der Waals surface area contributed by atoms with Crippen molar-refractivity contribution in [3.63, 3.8) is 0 Å². The Hall–Kier alpha value is -2.14. The van der Waals surface area contributed by atoms with Gasteiger partial charge in [-0.2, -0.15) is 0 Å². The van der Waals surface area contributed by atoms with Crippen molar-refractivity contribution in [1.82, 2.24) is 0 Å². The number of carbonyl (C=O) groups is 2. The summed E-state index contributed by atoms with van der Waals surface area (Å²) in [5.74, 6) is -1.77. The Morgan fingerprint density at radius 2 is 1.90 bits per heavy atom. The predicted molar refractivity (Wildman–Crippen MR) is 82.6 cm³/mol. The second kappa shape index (κ2) is 5.33. The molecule has 0 radical (unpaired) electrons. The van der Waals surface area contributed by atoms with Crippen LogP contribution in [0, 0.1) is 0 Å². The minimum atomic E-state index is -0.910. The number of hydrogen-bond acceptors (Lipinski definition) is 2. The van der Waals surface area contributed by atoms with E-state index in [1.54, 1.807) is 36.4 Å². The summed E-state index contributed by atoms with van der Waals surface area (Å²) >= 11 is 3.34. The van der Waals surface area contributed by atoms with Crippen LogP contribution in [0.15, 0.2) is 53.0 Å². The first-order valence-corrected chi connectivity index (χ1v) is 7.26. The molecule has 2 aromatic carbocycles. The van der Waals surface area contributed by atoms with E-state index in [9.17, 15) is 14.7 Å². The molecule has 0 fully saturated rings. The van der Waals surface area contributed by atoms with Gasteiger partial charge < -0.3 is 10.0 Å². The van der Waals surface area contributed by atoms with Gasteiger partial charge in [0.25, 0.3) is 5.91 Å². The van der Waals surface area contributed by atoms with Gasteiger partial charge in [-0.15, -0.1) is 0 Å². The van der Waals surface area contributed by atoms with E-state index in [1.165, 1.54) is 4.90 Å². The molecule has 0 aliphatic carbocycles. The molecular formula is C16H12BrNO3. The summed E-state index contributed by atoms with van der Waals surface area (Å²) < 4.78 is 0.815. The van der Waals surface area contributed by atoms with Crippen molar-refractivity contribution in [2.24, 2.45) is 0 Å². The van der Waals surface area contributed by atoms with Crippen LogP contribution in [0.1, 0.15) is 21.8 Å². The minimum absolute atomic E-state index is 0.167. The number of para-hydroxylation sites is 1. The topological polar surface area (TPSA) is 57.6 Å². The average Bonchev–Trinajstić information content (AvgIpc) is 2.86. The highest BCUT2D eigenvalue weighted by molar-refractivity contribution is 9.10. The van der Waals surface area contributed by atoms with Gasteiger partial charge in [-0.1, -0.05) is 40.2 Å². The van der Waals surface area contributed by atoms with E-state index in [2.05, 4.69) is 15.9 Å². The van der Waals surface area contributed by atoms with Gasteiger partial charge in [-0.3, -0.25) is 9.59 Å². The Labute approximate surface area is 130 Å². The lowest BCUT2D eigenvalue weighted by atomic mass is 10.0. The molecule has 1 N–H and O–H groups in total. The number of benzene rings is 2. The van der Waals surface area contributed by atoms with Crippen LogP contribution in [0.4, 0.5) is 5.69 Å². The molecule has 0 bridgehead atoms. The van der Waals surface area contributed by atoms with Crippen molar-refractivity contribution in [2.45, 2.75) is 5.92 Å². The number of hydrogen-bond donors (Lipinski definition) is 1. The Morgan fingerprint density at radius 3 is 2.62 bits per heavy atom. The van der Waals surface area contributed by atoms with E-state index in [-0.39, 0.29) is 12.5 Å². The fraction of sp³-hybridized carbons (Fsp3) is 0.125. The molecule has 0 aromatic heterocycles. The van der Waals surface area contributed by atoms with Crippen molar-refractivity contribution < 1.29 is 14.7 Å². The standard InChI is InChI=1S/C16H12BrNO3/c17-11-5-3-4-10(8-11)15(19)18-9-13(16(20)21)12-6-1-2-7-14(12)18/h1-8,13H,9H2,(H,20,21). The molecule has 5 heteroatoms. The lowest BCUT2D eigenvalue weighted by Gasteiger charge is -2.17. The van der Waals surface area contributed by atoms with Gasteiger partial charge in [0.1, 0.15) is 5.92 Å².